The van der Waals surface area contributed by atoms with Crippen molar-refractivity contribution in [2.24, 2.45) is 0 Å². The maximum absolute atomic E-state index is 13.7. The first kappa shape index (κ1) is 24.5. The Balaban J connectivity index is 1.70. The van der Waals surface area contributed by atoms with Gasteiger partial charge in [-0.2, -0.15) is 0 Å². The van der Waals surface area contributed by atoms with E-state index in [0.29, 0.717) is 41.5 Å². The summed E-state index contributed by atoms with van der Waals surface area (Å²) in [7, 11) is 2.27. The lowest BCUT2D eigenvalue weighted by atomic mass is 10.1. The Morgan fingerprint density at radius 3 is 2.45 bits per heavy atom. The van der Waals surface area contributed by atoms with E-state index >= 15 is 0 Å². The Hall–Kier alpha value is -1.64. The van der Waals surface area contributed by atoms with Gasteiger partial charge in [0.05, 0.1) is 0 Å². The third-order valence-corrected chi connectivity index (χ3v) is 6.75. The highest BCUT2D eigenvalue weighted by molar-refractivity contribution is 14.2. The number of fused-ring (bicyclic) bond motifs is 1. The number of carbonyl (C=O) groups is 2. The lowest BCUT2D eigenvalue weighted by Crippen LogP contribution is -2.26. The van der Waals surface area contributed by atoms with Crippen LogP contribution in [0.3, 0.4) is 0 Å². The Morgan fingerprint density at radius 1 is 0.970 bits per heavy atom. The summed E-state index contributed by atoms with van der Waals surface area (Å²) < 4.78 is 17.5. The molecule has 0 spiro atoms. The minimum atomic E-state index is -0.236. The van der Waals surface area contributed by atoms with Crippen LogP contribution in [-0.4, -0.2) is 17.1 Å². The first-order valence-electron chi connectivity index (χ1n) is 9.75. The second kappa shape index (κ2) is 11.7. The number of hydrogen-bond acceptors (Lipinski definition) is 7. The first-order valence-corrected chi connectivity index (χ1v) is 16.3. The number of rotatable bonds is 9. The largest absolute Gasteiger partial charge is 0.488 e. The van der Waals surface area contributed by atoms with Gasteiger partial charge in [0.15, 0.2) is 5.75 Å². The van der Waals surface area contributed by atoms with Crippen molar-refractivity contribution in [3.05, 3.63) is 88.5 Å². The summed E-state index contributed by atoms with van der Waals surface area (Å²) in [6, 6.07) is 18.6. The van der Waals surface area contributed by atoms with E-state index in [2.05, 4.69) is 0 Å². The molecular formula is C23H17I2NO5S2. The number of carbonyl (C=O) groups excluding carboxylic acids is 2. The third kappa shape index (κ3) is 5.72. The molecule has 170 valence electrons. The lowest BCUT2D eigenvalue weighted by molar-refractivity contribution is 0.0744. The standard InChI is InChI=1S/C23H17I2NO5S2/c24-32-30-18-9-20(29-14-15-5-2-1-3-6-15)22(21(10-18)31-33-25)23(28)26-11-16-7-4-8-17(13-27)19(16)12-26/h1-10,13H,11-12,14H2. The van der Waals surface area contributed by atoms with E-state index in [1.54, 1.807) is 23.1 Å². The molecule has 0 fully saturated rings. The van der Waals surface area contributed by atoms with Gasteiger partial charge >= 0.3 is 0 Å². The van der Waals surface area contributed by atoms with Gasteiger partial charge in [-0.05, 0) is 16.7 Å². The molecule has 10 heteroatoms. The summed E-state index contributed by atoms with van der Waals surface area (Å²) in [4.78, 5) is 26.9. The zero-order chi connectivity index (χ0) is 23.2. The molecule has 1 aliphatic rings. The van der Waals surface area contributed by atoms with Crippen molar-refractivity contribution in [1.82, 2.24) is 4.90 Å². The fourth-order valence-electron chi connectivity index (χ4n) is 3.67. The molecular weight excluding hydrogens is 688 g/mol. The second-order valence-corrected chi connectivity index (χ2v) is 9.87. The Labute approximate surface area is 224 Å². The van der Waals surface area contributed by atoms with Crippen LogP contribution in [0.5, 0.6) is 17.2 Å². The molecule has 3 aromatic carbocycles. The Morgan fingerprint density at radius 2 is 1.73 bits per heavy atom. The summed E-state index contributed by atoms with van der Waals surface area (Å²) in [6.07, 6.45) is 0.830. The highest BCUT2D eigenvalue weighted by Gasteiger charge is 2.31. The molecule has 4 rings (SSSR count). The van der Waals surface area contributed by atoms with E-state index in [1.807, 2.05) is 84.9 Å². The molecule has 0 radical (unpaired) electrons. The van der Waals surface area contributed by atoms with Gasteiger partial charge < -0.3 is 18.0 Å². The summed E-state index contributed by atoms with van der Waals surface area (Å²) in [5.41, 5.74) is 3.73. The van der Waals surface area contributed by atoms with E-state index in [4.69, 9.17) is 13.1 Å². The quantitative estimate of drug-likeness (QED) is 0.135. The van der Waals surface area contributed by atoms with Crippen LogP contribution < -0.4 is 13.1 Å². The molecule has 0 saturated carbocycles. The summed E-state index contributed by atoms with van der Waals surface area (Å²) in [5, 5.41) is 0. The highest BCUT2D eigenvalue weighted by Crippen LogP contribution is 2.40. The van der Waals surface area contributed by atoms with E-state index in [1.165, 1.54) is 0 Å². The third-order valence-electron chi connectivity index (χ3n) is 5.17. The maximum atomic E-state index is 13.7. The molecule has 0 aromatic heterocycles. The number of ether oxygens (including phenoxy) is 1. The van der Waals surface area contributed by atoms with Gasteiger partial charge in [-0.25, -0.2) is 0 Å². The van der Waals surface area contributed by atoms with Crippen LogP contribution in [0.15, 0.2) is 60.7 Å². The fraction of sp³-hybridized carbons (Fsp3) is 0.130. The van der Waals surface area contributed by atoms with E-state index < -0.39 is 0 Å². The molecule has 1 aliphatic heterocycles. The zero-order valence-electron chi connectivity index (χ0n) is 17.0. The van der Waals surface area contributed by atoms with Crippen molar-refractivity contribution in [3.63, 3.8) is 0 Å². The number of amides is 1. The number of benzene rings is 3. The van der Waals surface area contributed by atoms with Gasteiger partial charge in [0.1, 0.15) is 48.4 Å². The average Bonchev–Trinajstić information content (AvgIpc) is 3.28. The summed E-state index contributed by atoms with van der Waals surface area (Å²) >= 11 is 4.04. The Kier molecular flexibility index (Phi) is 8.66. The molecule has 0 atom stereocenters. The minimum absolute atomic E-state index is 0.236. The van der Waals surface area contributed by atoms with E-state index in [9.17, 15) is 9.59 Å². The predicted octanol–water partition coefficient (Wildman–Crippen LogP) is 6.99. The van der Waals surface area contributed by atoms with Crippen molar-refractivity contribution in [1.29, 1.82) is 0 Å². The van der Waals surface area contributed by atoms with Crippen LogP contribution in [0.25, 0.3) is 0 Å². The number of halogens is 2. The van der Waals surface area contributed by atoms with Gasteiger partial charge in [-0.1, -0.05) is 48.5 Å². The molecule has 0 aliphatic carbocycles. The molecule has 1 amide bonds. The molecule has 0 saturated heterocycles. The fourth-order valence-corrected chi connectivity index (χ4v) is 5.24. The van der Waals surface area contributed by atoms with Crippen LogP contribution in [0.4, 0.5) is 0 Å². The molecule has 1 heterocycles. The van der Waals surface area contributed by atoms with Gasteiger partial charge in [0, 0.05) is 73.2 Å². The van der Waals surface area contributed by atoms with Crippen molar-refractivity contribution < 1.29 is 22.7 Å². The van der Waals surface area contributed by atoms with Crippen LogP contribution in [0.2, 0.25) is 0 Å². The zero-order valence-corrected chi connectivity index (χ0v) is 23.0. The van der Waals surface area contributed by atoms with Gasteiger partial charge in [0.2, 0.25) is 0 Å². The number of nitrogens with zero attached hydrogens (tertiary/aromatic N) is 1. The van der Waals surface area contributed by atoms with E-state index in [0.717, 1.165) is 41.4 Å². The van der Waals surface area contributed by atoms with Crippen molar-refractivity contribution in [2.45, 2.75) is 19.7 Å². The number of aldehydes is 1. The highest BCUT2D eigenvalue weighted by atomic mass is 127. The van der Waals surface area contributed by atoms with Crippen LogP contribution in [-0.2, 0) is 19.7 Å². The first-order chi connectivity index (χ1) is 16.1. The van der Waals surface area contributed by atoms with Crippen molar-refractivity contribution >= 4 is 73.0 Å². The van der Waals surface area contributed by atoms with Crippen LogP contribution >= 0.6 is 60.8 Å². The van der Waals surface area contributed by atoms with E-state index in [-0.39, 0.29) is 12.5 Å². The minimum Gasteiger partial charge on any atom is -0.488 e. The Bertz CT molecular complexity index is 1160. The summed E-state index contributed by atoms with van der Waals surface area (Å²) in [6.45, 7) is 1.04. The smallest absolute Gasteiger partial charge is 0.262 e. The second-order valence-electron chi connectivity index (χ2n) is 7.13. The monoisotopic (exact) mass is 705 g/mol. The molecule has 0 N–H and O–H groups in total. The predicted molar refractivity (Wildman–Crippen MR) is 147 cm³/mol. The molecule has 3 aromatic rings. The van der Waals surface area contributed by atoms with Crippen LogP contribution in [0, 0.1) is 0 Å². The van der Waals surface area contributed by atoms with Gasteiger partial charge in [-0.3, -0.25) is 9.59 Å². The maximum Gasteiger partial charge on any atom is 0.262 e. The molecule has 33 heavy (non-hydrogen) atoms. The van der Waals surface area contributed by atoms with Crippen LogP contribution in [0.1, 0.15) is 37.4 Å². The van der Waals surface area contributed by atoms with Gasteiger partial charge in [-0.15, -0.1) is 0 Å². The summed E-state index contributed by atoms with van der Waals surface area (Å²) in [5.74, 6) is 1.01. The SMILES string of the molecule is O=Cc1cccc2c1CN(C(=O)c1c(OCc3ccccc3)cc(OSI)cc1OSI)C2. The molecule has 6 nitrogen and oxygen atoms in total. The van der Waals surface area contributed by atoms with Gasteiger partial charge in [0.25, 0.3) is 5.91 Å². The number of hydrogen-bond donors (Lipinski definition) is 0. The lowest BCUT2D eigenvalue weighted by Gasteiger charge is -2.21. The van der Waals surface area contributed by atoms with Crippen molar-refractivity contribution in [2.75, 3.05) is 0 Å². The normalized spacial score (nSPS) is 12.2. The average molecular weight is 705 g/mol. The molecule has 0 unspecified atom stereocenters. The molecule has 0 bridgehead atoms. The van der Waals surface area contributed by atoms with Crippen molar-refractivity contribution in [3.8, 4) is 17.2 Å². The topological polar surface area (TPSA) is 65.1 Å².